The highest BCUT2D eigenvalue weighted by molar-refractivity contribution is 7.17. The predicted molar refractivity (Wildman–Crippen MR) is 83.7 cm³/mol. The first-order valence-corrected chi connectivity index (χ1v) is 8.15. The van der Waals surface area contributed by atoms with Gasteiger partial charge >= 0.3 is 0 Å². The molecule has 2 heterocycles. The number of carbonyl (C=O) groups is 1. The number of anilines is 1. The van der Waals surface area contributed by atoms with Crippen molar-refractivity contribution >= 4 is 33.7 Å². The highest BCUT2D eigenvalue weighted by Crippen LogP contribution is 2.23. The molecule has 0 aliphatic rings. The zero-order chi connectivity index (χ0) is 14.7. The van der Waals surface area contributed by atoms with Crippen LogP contribution in [0.2, 0.25) is 0 Å². The topological polar surface area (TPSA) is 66.9 Å². The van der Waals surface area contributed by atoms with E-state index in [-0.39, 0.29) is 11.9 Å². The van der Waals surface area contributed by atoms with E-state index in [1.54, 1.807) is 11.3 Å². The van der Waals surface area contributed by atoms with Gasteiger partial charge in [-0.05, 0) is 27.7 Å². The van der Waals surface area contributed by atoms with Crippen molar-refractivity contribution in [1.82, 2.24) is 15.3 Å². The fourth-order valence-electron chi connectivity index (χ4n) is 1.75. The lowest BCUT2D eigenvalue weighted by molar-refractivity contribution is 0.0942. The molecule has 2 N–H and O–H groups in total. The van der Waals surface area contributed by atoms with Crippen LogP contribution in [0.5, 0.6) is 0 Å². The van der Waals surface area contributed by atoms with Crippen LogP contribution in [0.25, 0.3) is 0 Å². The molecule has 0 saturated heterocycles. The van der Waals surface area contributed by atoms with E-state index in [2.05, 4.69) is 20.6 Å². The highest BCUT2D eigenvalue weighted by Gasteiger charge is 2.18. The van der Waals surface area contributed by atoms with Crippen molar-refractivity contribution in [1.29, 1.82) is 0 Å². The zero-order valence-electron chi connectivity index (χ0n) is 12.0. The fourth-order valence-corrected chi connectivity index (χ4v) is 3.39. The molecular formula is C13H18N4OS2. The van der Waals surface area contributed by atoms with Crippen molar-refractivity contribution < 1.29 is 4.79 Å². The van der Waals surface area contributed by atoms with Crippen LogP contribution in [0.4, 0.5) is 5.13 Å². The van der Waals surface area contributed by atoms with Crippen LogP contribution < -0.4 is 10.6 Å². The Morgan fingerprint density at radius 2 is 2.15 bits per heavy atom. The number of nitrogens with one attached hydrogen (secondary N) is 2. The number of thiazole rings is 2. The highest BCUT2D eigenvalue weighted by atomic mass is 32.1. The second kappa shape index (κ2) is 6.32. The Morgan fingerprint density at radius 3 is 2.75 bits per heavy atom. The van der Waals surface area contributed by atoms with Gasteiger partial charge in [0.2, 0.25) is 0 Å². The van der Waals surface area contributed by atoms with Gasteiger partial charge in [-0.25, -0.2) is 9.97 Å². The molecule has 0 unspecified atom stereocenters. The molecule has 2 aromatic heterocycles. The molecule has 0 spiro atoms. The van der Waals surface area contributed by atoms with Gasteiger partial charge < -0.3 is 10.6 Å². The van der Waals surface area contributed by atoms with Crippen LogP contribution in [0.1, 0.15) is 46.0 Å². The number of nitrogens with zero attached hydrogens (tertiary/aromatic N) is 2. The van der Waals surface area contributed by atoms with Gasteiger partial charge in [0.25, 0.3) is 5.91 Å². The second-order valence-electron chi connectivity index (χ2n) is 4.45. The number of amides is 1. The molecule has 7 heteroatoms. The van der Waals surface area contributed by atoms with E-state index < -0.39 is 0 Å². The zero-order valence-corrected chi connectivity index (χ0v) is 13.6. The number of aromatic nitrogens is 2. The van der Waals surface area contributed by atoms with Crippen molar-refractivity contribution in [3.05, 3.63) is 26.7 Å². The molecule has 108 valence electrons. The molecule has 0 aromatic carbocycles. The van der Waals surface area contributed by atoms with Crippen molar-refractivity contribution in [3.63, 3.8) is 0 Å². The normalized spacial score (nSPS) is 12.2. The maximum Gasteiger partial charge on any atom is 0.263 e. The fraction of sp³-hybridized carbons (Fsp3) is 0.462. The number of aryl methyl sites for hydroxylation is 2. The Bertz CT molecular complexity index is 605. The molecule has 2 aromatic rings. The Labute approximate surface area is 126 Å². The van der Waals surface area contributed by atoms with E-state index in [1.807, 2.05) is 33.1 Å². The summed E-state index contributed by atoms with van der Waals surface area (Å²) in [6.07, 6.45) is 0. The van der Waals surface area contributed by atoms with E-state index in [4.69, 9.17) is 0 Å². The van der Waals surface area contributed by atoms with E-state index in [0.717, 1.165) is 28.1 Å². The van der Waals surface area contributed by atoms with Crippen LogP contribution in [-0.2, 0) is 0 Å². The molecule has 5 nitrogen and oxygen atoms in total. The molecule has 0 aliphatic carbocycles. The molecule has 0 bridgehead atoms. The molecule has 2 rings (SSSR count). The Balaban J connectivity index is 2.08. The van der Waals surface area contributed by atoms with E-state index in [1.165, 1.54) is 11.3 Å². The third-order valence-electron chi connectivity index (χ3n) is 2.76. The summed E-state index contributed by atoms with van der Waals surface area (Å²) < 4.78 is 0. The van der Waals surface area contributed by atoms with E-state index in [9.17, 15) is 4.79 Å². The van der Waals surface area contributed by atoms with Crippen LogP contribution in [0.15, 0.2) is 5.38 Å². The smallest absolute Gasteiger partial charge is 0.263 e. The van der Waals surface area contributed by atoms with Gasteiger partial charge in [0.15, 0.2) is 5.13 Å². The van der Waals surface area contributed by atoms with Crippen molar-refractivity contribution in [3.8, 4) is 0 Å². The summed E-state index contributed by atoms with van der Waals surface area (Å²) in [5.74, 6) is -0.0951. The average molecular weight is 310 g/mol. The molecule has 1 atom stereocenters. The summed E-state index contributed by atoms with van der Waals surface area (Å²) in [6, 6.07) is -0.100. The van der Waals surface area contributed by atoms with Crippen molar-refractivity contribution in [2.75, 3.05) is 11.9 Å². The first-order chi connectivity index (χ1) is 9.51. The Hall–Kier alpha value is -1.47. The Kier molecular flexibility index (Phi) is 4.72. The standard InChI is InChI=1S/C13H18N4OS2/c1-5-14-13-16-8(3)11(20-13)12(18)15-7(2)10-6-19-9(4)17-10/h6-7H,5H2,1-4H3,(H,14,16)(H,15,18)/t7-/m0/s1. The summed E-state index contributed by atoms with van der Waals surface area (Å²) in [5, 5.41) is 9.86. The summed E-state index contributed by atoms with van der Waals surface area (Å²) in [4.78, 5) is 21.7. The Morgan fingerprint density at radius 1 is 1.40 bits per heavy atom. The summed E-state index contributed by atoms with van der Waals surface area (Å²) in [5.41, 5.74) is 1.65. The minimum atomic E-state index is -0.100. The number of carbonyl (C=O) groups excluding carboxylic acids is 1. The number of rotatable bonds is 5. The van der Waals surface area contributed by atoms with Gasteiger partial charge in [0.05, 0.1) is 22.4 Å². The largest absolute Gasteiger partial charge is 0.362 e. The maximum atomic E-state index is 12.3. The van der Waals surface area contributed by atoms with Crippen molar-refractivity contribution in [2.24, 2.45) is 0 Å². The molecule has 1 amide bonds. The quantitative estimate of drug-likeness (QED) is 0.890. The van der Waals surface area contributed by atoms with Crippen molar-refractivity contribution in [2.45, 2.75) is 33.7 Å². The third kappa shape index (κ3) is 3.34. The van der Waals surface area contributed by atoms with Gasteiger partial charge in [0, 0.05) is 11.9 Å². The van der Waals surface area contributed by atoms with Crippen LogP contribution in [0.3, 0.4) is 0 Å². The van der Waals surface area contributed by atoms with E-state index >= 15 is 0 Å². The molecule has 0 fully saturated rings. The van der Waals surface area contributed by atoms with Gasteiger partial charge in [-0.3, -0.25) is 4.79 Å². The maximum absolute atomic E-state index is 12.3. The lowest BCUT2D eigenvalue weighted by Crippen LogP contribution is -2.26. The van der Waals surface area contributed by atoms with E-state index in [0.29, 0.717) is 4.88 Å². The number of hydrogen-bond acceptors (Lipinski definition) is 6. The minimum Gasteiger partial charge on any atom is -0.362 e. The lowest BCUT2D eigenvalue weighted by atomic mass is 10.2. The van der Waals surface area contributed by atoms with Crippen LogP contribution in [0, 0.1) is 13.8 Å². The average Bonchev–Trinajstić information content (AvgIpc) is 2.96. The summed E-state index contributed by atoms with van der Waals surface area (Å²) in [6.45, 7) is 8.54. The first-order valence-electron chi connectivity index (χ1n) is 6.45. The molecule has 0 radical (unpaired) electrons. The molecular weight excluding hydrogens is 292 g/mol. The monoisotopic (exact) mass is 310 g/mol. The second-order valence-corrected chi connectivity index (χ2v) is 6.51. The van der Waals surface area contributed by atoms with Crippen LogP contribution >= 0.6 is 22.7 Å². The minimum absolute atomic E-state index is 0.0951. The molecule has 20 heavy (non-hydrogen) atoms. The lowest BCUT2D eigenvalue weighted by Gasteiger charge is -2.10. The first kappa shape index (κ1) is 14.9. The van der Waals surface area contributed by atoms with Gasteiger partial charge in [-0.1, -0.05) is 11.3 Å². The molecule has 0 aliphatic heterocycles. The number of hydrogen-bond donors (Lipinski definition) is 2. The summed E-state index contributed by atoms with van der Waals surface area (Å²) in [7, 11) is 0. The third-order valence-corrected chi connectivity index (χ3v) is 4.66. The molecule has 0 saturated carbocycles. The summed E-state index contributed by atoms with van der Waals surface area (Å²) >= 11 is 2.97. The van der Waals surface area contributed by atoms with Crippen LogP contribution in [-0.4, -0.2) is 22.4 Å². The predicted octanol–water partition coefficient (Wildman–Crippen LogP) is 3.14. The SMILES string of the molecule is CCNc1nc(C)c(C(=O)N[C@@H](C)c2csc(C)n2)s1. The van der Waals surface area contributed by atoms with Gasteiger partial charge in [0.1, 0.15) is 4.88 Å². The van der Waals surface area contributed by atoms with Gasteiger partial charge in [-0.15, -0.1) is 11.3 Å². The van der Waals surface area contributed by atoms with Gasteiger partial charge in [-0.2, -0.15) is 0 Å².